The lowest BCUT2D eigenvalue weighted by Gasteiger charge is -2.48. The topological polar surface area (TPSA) is 295 Å². The van der Waals surface area contributed by atoms with E-state index in [1.807, 2.05) is 34.6 Å². The third-order valence-electron chi connectivity index (χ3n) is 16.4. The molecule has 24 heteroatoms. The van der Waals surface area contributed by atoms with Crippen molar-refractivity contribution in [2.75, 3.05) is 27.9 Å². The van der Waals surface area contributed by atoms with Crippen LogP contribution in [0.1, 0.15) is 122 Å². The number of rotatable bonds is 18. The molecule has 6 heterocycles. The van der Waals surface area contributed by atoms with Gasteiger partial charge >= 0.3 is 12.1 Å². The minimum Gasteiger partial charge on any atom is -0.461 e. The third-order valence-corrected chi connectivity index (χ3v) is 16.4. The lowest BCUT2D eigenvalue weighted by atomic mass is 9.73. The van der Waals surface area contributed by atoms with Gasteiger partial charge in [-0.25, -0.2) is 9.78 Å². The predicted octanol–water partition coefficient (Wildman–Crippen LogP) is 4.20. The largest absolute Gasteiger partial charge is 0.509 e. The second-order valence-corrected chi connectivity index (χ2v) is 23.4. The number of carbonyl (C=O) groups is 2. The Labute approximate surface area is 458 Å². The maximum Gasteiger partial charge on any atom is 0.509 e. The molecule has 1 aromatic rings. The third kappa shape index (κ3) is 14.7. The zero-order valence-electron chi connectivity index (χ0n) is 48.3. The number of hydrogen-bond acceptors (Lipinski definition) is 23. The number of aliphatic hydroxyl groups excluding tert-OH is 5. The molecule has 5 aliphatic rings. The molecule has 0 amide bonds. The molecule has 448 valence electrons. The molecular formula is C54H91N3O21. The molecule has 24 nitrogen and oxygen atoms in total. The second-order valence-electron chi connectivity index (χ2n) is 23.4. The van der Waals surface area contributed by atoms with Crippen LogP contribution >= 0.6 is 0 Å². The van der Waals surface area contributed by atoms with Crippen molar-refractivity contribution in [3.8, 4) is 0 Å². The molecule has 5 fully saturated rings. The summed E-state index contributed by atoms with van der Waals surface area (Å²) in [5, 5.41) is 63.4. The highest BCUT2D eigenvalue weighted by molar-refractivity contribution is 5.89. The quantitative estimate of drug-likeness (QED) is 0.0782. The Morgan fingerprint density at radius 1 is 0.808 bits per heavy atom. The number of fused-ring (bicyclic) bond motifs is 1. The van der Waals surface area contributed by atoms with Crippen LogP contribution in [-0.2, 0) is 71.2 Å². The lowest BCUT2D eigenvalue weighted by Crippen LogP contribution is -2.59. The van der Waals surface area contributed by atoms with E-state index in [-0.39, 0.29) is 43.9 Å². The van der Waals surface area contributed by atoms with Crippen molar-refractivity contribution in [3.63, 3.8) is 0 Å². The fourth-order valence-corrected chi connectivity index (χ4v) is 12.3. The van der Waals surface area contributed by atoms with E-state index in [2.05, 4.69) is 10.1 Å². The highest BCUT2D eigenvalue weighted by atomic mass is 16.8. The average molecular weight is 1120 g/mol. The Morgan fingerprint density at radius 2 is 1.50 bits per heavy atom. The number of methoxy groups -OCH3 is 2. The zero-order valence-corrected chi connectivity index (χ0v) is 48.3. The smallest absolute Gasteiger partial charge is 0.461 e. The summed E-state index contributed by atoms with van der Waals surface area (Å²) < 4.78 is 83.2. The van der Waals surface area contributed by atoms with Crippen LogP contribution in [0, 0.1) is 41.4 Å². The number of nitrogens with zero attached hydrogens (tertiary/aromatic N) is 3. The number of carbonyl (C=O) groups excluding carboxylic acids is 2. The molecule has 8 unspecified atom stereocenters. The molecule has 0 aliphatic carbocycles. The fraction of sp³-hybridized carbons (Fsp3) is 0.889. The van der Waals surface area contributed by atoms with Crippen LogP contribution < -0.4 is 0 Å². The molecule has 5 N–H and O–H groups in total. The molecule has 5 aliphatic heterocycles. The van der Waals surface area contributed by atoms with Crippen molar-refractivity contribution >= 4 is 17.8 Å². The Kier molecular flexibility index (Phi) is 22.4. The first-order chi connectivity index (χ1) is 36.7. The maximum absolute atomic E-state index is 15.4. The zero-order chi connectivity index (χ0) is 57.7. The van der Waals surface area contributed by atoms with Gasteiger partial charge in [0.25, 0.3) is 0 Å². The number of aliphatic hydroxyl groups is 5. The van der Waals surface area contributed by atoms with Gasteiger partial charge in [0.15, 0.2) is 36.9 Å². The number of aromatic nitrogens is 2. The minimum atomic E-state index is -1.70. The van der Waals surface area contributed by atoms with Gasteiger partial charge in [-0.3, -0.25) is 9.36 Å². The summed E-state index contributed by atoms with van der Waals surface area (Å²) >= 11 is 0. The Bertz CT molecular complexity index is 2070. The number of esters is 1. The van der Waals surface area contributed by atoms with Crippen LogP contribution in [0.4, 0.5) is 4.79 Å². The van der Waals surface area contributed by atoms with Crippen molar-refractivity contribution in [1.82, 2.24) is 9.55 Å². The summed E-state index contributed by atoms with van der Waals surface area (Å²) in [6, 6.07) is 0. The van der Waals surface area contributed by atoms with E-state index in [1.54, 1.807) is 55.4 Å². The van der Waals surface area contributed by atoms with Crippen molar-refractivity contribution in [2.45, 2.75) is 238 Å². The number of ether oxygens (including phenoxy) is 13. The normalized spacial score (nSPS) is 43.9. The van der Waals surface area contributed by atoms with Gasteiger partial charge in [-0.15, -0.1) is 0 Å². The van der Waals surface area contributed by atoms with Crippen LogP contribution in [0.2, 0.25) is 0 Å². The van der Waals surface area contributed by atoms with Gasteiger partial charge in [-0.05, 0) is 59.8 Å². The molecule has 0 radical (unpaired) electrons. The van der Waals surface area contributed by atoms with E-state index < -0.39 is 170 Å². The van der Waals surface area contributed by atoms with Gasteiger partial charge in [-0.2, -0.15) is 0 Å². The van der Waals surface area contributed by atoms with Gasteiger partial charge in [0, 0.05) is 69.5 Å². The SMILES string of the molecule is CO/N=C1\C[C@@H](C)O[C@@H](O[C@H]2[C@H](C)[C@@H](O[C@H]3C[C@@]4(C)OC(=O)O[C@H]4[C@H](C)O3)[C@@H](C)C(=O)O[C@@H]([C@@H](C)CO[C@@H]3O[C@H](C)[C@H](O)[C@H](OC)C3OC)C(C)C(OC(O)CC(C)C)[C@@H](C)C(O)C(C)(OC(O)n3ccnc3)C[C@H]2C)C1O. The molecule has 0 bridgehead atoms. The number of cyclic esters (lactones) is 1. The van der Waals surface area contributed by atoms with Crippen LogP contribution in [-0.4, -0.2) is 197 Å². The van der Waals surface area contributed by atoms with Crippen LogP contribution in [0.25, 0.3) is 0 Å². The summed E-state index contributed by atoms with van der Waals surface area (Å²) in [5.74, 6) is -5.88. The fourth-order valence-electron chi connectivity index (χ4n) is 12.3. The van der Waals surface area contributed by atoms with Crippen molar-refractivity contribution in [2.24, 2.45) is 46.6 Å². The monoisotopic (exact) mass is 1120 g/mol. The Hall–Kier alpha value is -3.18. The molecule has 78 heavy (non-hydrogen) atoms. The van der Waals surface area contributed by atoms with Crippen LogP contribution in [0.15, 0.2) is 23.9 Å². The first kappa shape index (κ1) is 64.0. The minimum absolute atomic E-state index is 0.0117. The predicted molar refractivity (Wildman–Crippen MR) is 275 cm³/mol. The molecule has 0 aromatic carbocycles. The van der Waals surface area contributed by atoms with E-state index >= 15 is 4.79 Å². The molecular weight excluding hydrogens is 1030 g/mol. The van der Waals surface area contributed by atoms with Crippen molar-refractivity contribution < 1.29 is 102 Å². The van der Waals surface area contributed by atoms with Gasteiger partial charge in [0.2, 0.25) is 6.41 Å². The van der Waals surface area contributed by atoms with Gasteiger partial charge in [0.1, 0.15) is 37.6 Å². The van der Waals surface area contributed by atoms with Crippen molar-refractivity contribution in [3.05, 3.63) is 18.7 Å². The highest BCUT2D eigenvalue weighted by Crippen LogP contribution is 2.45. The maximum atomic E-state index is 15.4. The molecule has 0 spiro atoms. The summed E-state index contributed by atoms with van der Waals surface area (Å²) in [6.07, 6.45) is -15.2. The molecule has 5 saturated heterocycles. The van der Waals surface area contributed by atoms with Gasteiger partial charge in [-0.1, -0.05) is 53.6 Å². The molecule has 1 aromatic heterocycles. The average Bonchev–Trinajstić information content (AvgIpc) is 4.09. The second kappa shape index (κ2) is 27.3. The van der Waals surface area contributed by atoms with E-state index in [4.69, 9.17) is 66.4 Å². The Morgan fingerprint density at radius 3 is 2.13 bits per heavy atom. The summed E-state index contributed by atoms with van der Waals surface area (Å²) in [6.45, 7) is 23.0. The standard InChI is InChI=1S/C54H91N3O21/c1-25(2)19-36(58)72-42-30(7)41(27(4)23-68-50-45(66-15)44(65-14)38(59)33(10)71-50)74-48(62)32(9)43(73-37-22-54(13)47(34(11)70-37)76-52(64)78-54)29(6)40(75-49-39(60)35(56-67-16)20-28(5)69-49)26(3)21-53(12,46(61)31(42)8)77-51(63)57-18-17-55-24-57/h17-18,24-34,36-47,49-51,58-61,63H,19-23H2,1-16H3/b56-35+/t26-,27+,28-,29+,30?,31-,32-,33-,34+,36?,37+,38+,39?,40-,41+,42?,43-,44+,45?,46?,47+,49+,50-,51?,53?,54-/m1/s1. The number of hydrogen-bond donors (Lipinski definition) is 5. The molecule has 0 saturated carbocycles. The highest BCUT2D eigenvalue weighted by Gasteiger charge is 2.58. The Balaban J connectivity index is 1.50. The summed E-state index contributed by atoms with van der Waals surface area (Å²) in [4.78, 5) is 37.2. The van der Waals surface area contributed by atoms with E-state index in [0.29, 0.717) is 0 Å². The number of imidazole rings is 1. The van der Waals surface area contributed by atoms with E-state index in [0.717, 1.165) is 0 Å². The van der Waals surface area contributed by atoms with E-state index in [1.165, 1.54) is 44.6 Å². The summed E-state index contributed by atoms with van der Waals surface area (Å²) in [7, 11) is 4.27. The van der Waals surface area contributed by atoms with Gasteiger partial charge < -0.3 is 91.9 Å². The molecule has 6 rings (SSSR count). The molecule has 26 atom stereocenters. The first-order valence-electron chi connectivity index (χ1n) is 27.5. The summed E-state index contributed by atoms with van der Waals surface area (Å²) in [5.41, 5.74) is -2.59. The lowest BCUT2D eigenvalue weighted by molar-refractivity contribution is -0.306. The van der Waals surface area contributed by atoms with Crippen LogP contribution in [0.5, 0.6) is 0 Å². The van der Waals surface area contributed by atoms with Crippen LogP contribution in [0.3, 0.4) is 0 Å². The first-order valence-corrected chi connectivity index (χ1v) is 27.5. The van der Waals surface area contributed by atoms with Gasteiger partial charge in [0.05, 0.1) is 72.9 Å². The van der Waals surface area contributed by atoms with E-state index in [9.17, 15) is 30.3 Å². The van der Waals surface area contributed by atoms with Crippen molar-refractivity contribution in [1.29, 1.82) is 0 Å². The number of oxime groups is 1.